The molecule has 1 aliphatic carbocycles. The van der Waals surface area contributed by atoms with E-state index in [0.717, 1.165) is 29.2 Å². The maximum absolute atomic E-state index is 14.1. The van der Waals surface area contributed by atoms with E-state index in [2.05, 4.69) is 4.98 Å². The summed E-state index contributed by atoms with van der Waals surface area (Å²) >= 11 is 5.97. The van der Waals surface area contributed by atoms with Gasteiger partial charge in [0.25, 0.3) is 5.91 Å². The summed E-state index contributed by atoms with van der Waals surface area (Å²) in [4.78, 5) is 31.5. The average molecular weight is 549 g/mol. The van der Waals surface area contributed by atoms with Crippen molar-refractivity contribution in [2.24, 2.45) is 5.41 Å². The molecule has 3 aromatic rings. The molecule has 5 rings (SSSR count). The Hall–Kier alpha value is -3.27. The van der Waals surface area contributed by atoms with Gasteiger partial charge in [0.1, 0.15) is 0 Å². The molecule has 0 radical (unpaired) electrons. The zero-order valence-electron chi connectivity index (χ0n) is 24.0. The predicted octanol–water partition coefficient (Wildman–Crippen LogP) is 5.60. The Morgan fingerprint density at radius 2 is 1.89 bits per heavy atom. The smallest absolute Gasteiger partial charge is 0.396 e. The fraction of sp³-hybridized carbons (Fsp3) is 0.321. The van der Waals surface area contributed by atoms with Crippen LogP contribution in [-0.2, 0) is 23.2 Å². The van der Waals surface area contributed by atoms with Crippen LogP contribution in [0.25, 0.3) is 0 Å². The summed E-state index contributed by atoms with van der Waals surface area (Å²) in [6.07, 6.45) is -3.58. The number of hydrogen-bond acceptors (Lipinski definition) is 5. The fourth-order valence-electron chi connectivity index (χ4n) is 4.41. The van der Waals surface area contributed by atoms with E-state index in [9.17, 15) is 27.9 Å². The van der Waals surface area contributed by atoms with Gasteiger partial charge in [-0.25, -0.2) is 0 Å². The van der Waals surface area contributed by atoms with E-state index in [1.807, 2.05) is 0 Å². The highest BCUT2D eigenvalue weighted by Crippen LogP contribution is 2.51. The largest absolute Gasteiger partial charge is 0.416 e. The summed E-state index contributed by atoms with van der Waals surface area (Å²) in [6.45, 7) is -5.05. The maximum Gasteiger partial charge on any atom is 0.416 e. The number of alkyl halides is 3. The van der Waals surface area contributed by atoms with Crippen molar-refractivity contribution in [2.45, 2.75) is 38.2 Å². The summed E-state index contributed by atoms with van der Waals surface area (Å²) in [5, 5.41) is 10.6. The molecule has 38 heavy (non-hydrogen) atoms. The normalized spacial score (nSPS) is 22.3. The average Bonchev–Trinajstić information content (AvgIpc) is 3.71. The highest BCUT2D eigenvalue weighted by molar-refractivity contribution is 6.30. The van der Waals surface area contributed by atoms with Crippen molar-refractivity contribution in [2.75, 3.05) is 13.1 Å². The molecule has 2 aromatic carbocycles. The van der Waals surface area contributed by atoms with Crippen LogP contribution in [0.3, 0.4) is 0 Å². The van der Waals surface area contributed by atoms with Gasteiger partial charge in [0.2, 0.25) is 0 Å². The fourth-order valence-corrected chi connectivity index (χ4v) is 4.53. The number of rotatable bonds is 8. The van der Waals surface area contributed by atoms with Crippen LogP contribution in [0, 0.1) is 5.41 Å². The SMILES string of the molecule is [2H]C([2H])(O)C1(C([2H])([2H])OC2(c3ccc(C(F)(F)F)cc3)c3ccc(C(C)=O)cc3C(=O)N2Cc2ccc(Cl)cn2)CC1. The van der Waals surface area contributed by atoms with Gasteiger partial charge in [-0.1, -0.05) is 35.9 Å². The molecule has 0 bridgehead atoms. The van der Waals surface area contributed by atoms with Crippen molar-refractivity contribution in [3.05, 3.63) is 99.3 Å². The Morgan fingerprint density at radius 3 is 2.45 bits per heavy atom. The molecule has 6 nitrogen and oxygen atoms in total. The zero-order valence-corrected chi connectivity index (χ0v) is 20.7. The van der Waals surface area contributed by atoms with Gasteiger partial charge in [0.05, 0.1) is 41.4 Å². The molecular weight excluding hydrogens is 521 g/mol. The van der Waals surface area contributed by atoms with E-state index in [-0.39, 0.29) is 53.1 Å². The number of hydrogen-bond donors (Lipinski definition) is 1. The van der Waals surface area contributed by atoms with E-state index < -0.39 is 41.9 Å². The Morgan fingerprint density at radius 1 is 1.18 bits per heavy atom. The number of ether oxygens (including phenoxy) is 1. The topological polar surface area (TPSA) is 79.7 Å². The Labute approximate surface area is 227 Å². The quantitative estimate of drug-likeness (QED) is 0.371. The van der Waals surface area contributed by atoms with Gasteiger partial charge in [0, 0.05) is 33.9 Å². The van der Waals surface area contributed by atoms with Crippen molar-refractivity contribution in [3.8, 4) is 0 Å². The number of ketones is 1. The zero-order chi connectivity index (χ0) is 30.9. The first kappa shape index (κ1) is 21.6. The van der Waals surface area contributed by atoms with Gasteiger partial charge < -0.3 is 9.84 Å². The third kappa shape index (κ3) is 4.59. The molecular formula is C28H24ClF3N2O4. The molecule has 1 fully saturated rings. The number of nitrogens with zero attached hydrogens (tertiary/aromatic N) is 2. The monoisotopic (exact) mass is 548 g/mol. The predicted molar refractivity (Wildman–Crippen MR) is 132 cm³/mol. The summed E-state index contributed by atoms with van der Waals surface area (Å²) < 4.78 is 80.3. The third-order valence-corrected chi connectivity index (χ3v) is 6.94. The maximum atomic E-state index is 14.1. The summed E-state index contributed by atoms with van der Waals surface area (Å²) in [5.74, 6) is -1.11. The van der Waals surface area contributed by atoms with Crippen molar-refractivity contribution in [1.29, 1.82) is 0 Å². The standard InChI is InChI=1S/C28H24ClF3N2O4/c1-17(36)18-2-9-24-23(12-18)25(37)34(14-22-8-7-21(29)13-33-22)27(24,38-16-26(15-35)10-11-26)19-3-5-20(6-4-19)28(30,31)32/h2-9,12-13,35H,10-11,14-16H2,1H3/i15D2,16D2. The van der Waals surface area contributed by atoms with Crippen molar-refractivity contribution in [1.82, 2.24) is 9.88 Å². The highest BCUT2D eigenvalue weighted by Gasteiger charge is 2.55. The molecule has 1 N–H and O–H groups in total. The lowest BCUT2D eigenvalue weighted by Gasteiger charge is -2.40. The number of halogens is 4. The van der Waals surface area contributed by atoms with Crippen molar-refractivity contribution in [3.63, 3.8) is 0 Å². The molecule has 10 heteroatoms. The number of Topliss-reactive ketones (excluding diaryl/α,β-unsaturated/α-hetero) is 1. The van der Waals surface area contributed by atoms with E-state index in [1.165, 1.54) is 43.5 Å². The van der Waals surface area contributed by atoms with E-state index in [0.29, 0.717) is 5.02 Å². The van der Waals surface area contributed by atoms with Crippen LogP contribution in [0.5, 0.6) is 0 Å². The van der Waals surface area contributed by atoms with Crippen LogP contribution < -0.4 is 0 Å². The van der Waals surface area contributed by atoms with Crippen LogP contribution in [0.15, 0.2) is 60.8 Å². The number of amides is 1. The Kier molecular flexibility index (Phi) is 5.40. The van der Waals surface area contributed by atoms with Gasteiger partial charge in [-0.3, -0.25) is 19.5 Å². The second-order valence-electron chi connectivity index (χ2n) is 9.29. The number of benzene rings is 2. The molecule has 2 aliphatic rings. The van der Waals surface area contributed by atoms with E-state index in [4.69, 9.17) is 21.8 Å². The van der Waals surface area contributed by atoms with Gasteiger partial charge in [-0.15, -0.1) is 0 Å². The molecule has 1 amide bonds. The number of carbonyl (C=O) groups excluding carboxylic acids is 2. The number of carbonyl (C=O) groups is 2. The molecule has 2 heterocycles. The third-order valence-electron chi connectivity index (χ3n) is 6.72. The molecule has 1 aliphatic heterocycles. The van der Waals surface area contributed by atoms with Gasteiger partial charge in [-0.2, -0.15) is 13.2 Å². The van der Waals surface area contributed by atoms with Crippen molar-refractivity contribution < 1.29 is 38.1 Å². The van der Waals surface area contributed by atoms with Crippen LogP contribution in [0.4, 0.5) is 13.2 Å². The molecule has 1 unspecified atom stereocenters. The molecule has 198 valence electrons. The van der Waals surface area contributed by atoms with Crippen LogP contribution >= 0.6 is 11.6 Å². The first-order valence-corrected chi connectivity index (χ1v) is 12.0. The first-order chi connectivity index (χ1) is 19.4. The molecule has 1 saturated carbocycles. The molecule has 0 spiro atoms. The summed E-state index contributed by atoms with van der Waals surface area (Å²) in [6, 6.07) is 10.7. The summed E-state index contributed by atoms with van der Waals surface area (Å²) in [7, 11) is 0. The van der Waals surface area contributed by atoms with Crippen LogP contribution in [-0.4, -0.2) is 39.8 Å². The lowest BCUT2D eigenvalue weighted by Crippen LogP contribution is -2.47. The highest BCUT2D eigenvalue weighted by atomic mass is 35.5. The lowest BCUT2D eigenvalue weighted by atomic mass is 9.91. The minimum atomic E-state index is -4.70. The second kappa shape index (κ2) is 9.48. The van der Waals surface area contributed by atoms with E-state index >= 15 is 0 Å². The lowest BCUT2D eigenvalue weighted by molar-refractivity contribution is -0.138. The van der Waals surface area contributed by atoms with Gasteiger partial charge >= 0.3 is 6.18 Å². The number of pyridine rings is 1. The van der Waals surface area contributed by atoms with E-state index in [1.54, 1.807) is 0 Å². The van der Waals surface area contributed by atoms with Crippen LogP contribution in [0.2, 0.25) is 5.02 Å². The number of aliphatic hydroxyl groups is 1. The molecule has 1 aromatic heterocycles. The number of fused-ring (bicyclic) bond motifs is 1. The Balaban J connectivity index is 1.78. The van der Waals surface area contributed by atoms with Gasteiger partial charge in [-0.05, 0) is 50.1 Å². The molecule has 1 atom stereocenters. The minimum Gasteiger partial charge on any atom is -0.396 e. The summed E-state index contributed by atoms with van der Waals surface area (Å²) in [5.41, 5.74) is -5.00. The number of aromatic nitrogens is 1. The first-order valence-electron chi connectivity index (χ1n) is 13.6. The van der Waals surface area contributed by atoms with Crippen LogP contribution in [0.1, 0.15) is 68.3 Å². The second-order valence-corrected chi connectivity index (χ2v) is 9.73. The Bertz CT molecular complexity index is 1560. The van der Waals surface area contributed by atoms with Crippen molar-refractivity contribution >= 4 is 23.3 Å². The molecule has 0 saturated heterocycles. The minimum absolute atomic E-state index is 0.0180. The van der Waals surface area contributed by atoms with Gasteiger partial charge in [0.15, 0.2) is 11.5 Å².